The zero-order valence-corrected chi connectivity index (χ0v) is 12.8. The van der Waals surface area contributed by atoms with E-state index in [1.54, 1.807) is 18.2 Å². The van der Waals surface area contributed by atoms with E-state index >= 15 is 0 Å². The van der Waals surface area contributed by atoms with Gasteiger partial charge < -0.3 is 10.2 Å². The van der Waals surface area contributed by atoms with E-state index in [0.717, 1.165) is 9.37 Å². The molecule has 0 aliphatic rings. The van der Waals surface area contributed by atoms with Gasteiger partial charge in [0.25, 0.3) is 0 Å². The second kappa shape index (κ2) is 5.38. The molecule has 0 fully saturated rings. The third kappa shape index (κ3) is 2.62. The monoisotopic (exact) mass is 350 g/mol. The standard InChI is InChI=1S/C14H11BrN2O2S/c15-9-4-6-10(7-5-9)20(18)8-13-17-14-11(16)2-1-3-12(14)19-13/h1-7H,8,16H2. The summed E-state index contributed by atoms with van der Waals surface area (Å²) in [6.07, 6.45) is 0. The highest BCUT2D eigenvalue weighted by atomic mass is 79.9. The fourth-order valence-electron chi connectivity index (χ4n) is 1.86. The molecule has 2 N–H and O–H groups in total. The SMILES string of the molecule is Nc1cccc2oc(CS(=O)c3ccc(Br)cc3)nc12. The molecule has 0 bridgehead atoms. The van der Waals surface area contributed by atoms with Gasteiger partial charge in [-0.05, 0) is 36.4 Å². The molecule has 0 amide bonds. The molecule has 20 heavy (non-hydrogen) atoms. The van der Waals surface area contributed by atoms with E-state index in [1.165, 1.54) is 0 Å². The van der Waals surface area contributed by atoms with Crippen LogP contribution in [0, 0.1) is 0 Å². The van der Waals surface area contributed by atoms with Crippen molar-refractivity contribution in [3.8, 4) is 0 Å². The maximum Gasteiger partial charge on any atom is 0.208 e. The zero-order chi connectivity index (χ0) is 14.1. The molecule has 1 unspecified atom stereocenters. The summed E-state index contributed by atoms with van der Waals surface area (Å²) in [7, 11) is -1.19. The second-order valence-electron chi connectivity index (χ2n) is 4.25. The largest absolute Gasteiger partial charge is 0.440 e. The summed E-state index contributed by atoms with van der Waals surface area (Å²) >= 11 is 3.35. The van der Waals surface area contributed by atoms with Crippen molar-refractivity contribution in [1.82, 2.24) is 4.98 Å². The Labute approximate surface area is 126 Å². The van der Waals surface area contributed by atoms with Crippen LogP contribution in [-0.4, -0.2) is 9.19 Å². The van der Waals surface area contributed by atoms with E-state index in [2.05, 4.69) is 20.9 Å². The van der Waals surface area contributed by atoms with Gasteiger partial charge in [-0.2, -0.15) is 0 Å². The number of oxazole rings is 1. The highest BCUT2D eigenvalue weighted by Gasteiger charge is 2.12. The van der Waals surface area contributed by atoms with Crippen molar-refractivity contribution < 1.29 is 8.63 Å². The Balaban J connectivity index is 1.87. The lowest BCUT2D eigenvalue weighted by molar-refractivity contribution is 0.552. The first-order valence-electron chi connectivity index (χ1n) is 5.91. The van der Waals surface area contributed by atoms with Crippen LogP contribution in [0.25, 0.3) is 11.1 Å². The number of hydrogen-bond acceptors (Lipinski definition) is 4. The second-order valence-corrected chi connectivity index (χ2v) is 6.61. The summed E-state index contributed by atoms with van der Waals surface area (Å²) < 4.78 is 18.8. The number of aromatic nitrogens is 1. The average molecular weight is 351 g/mol. The molecule has 102 valence electrons. The van der Waals surface area contributed by atoms with Crippen LogP contribution in [0.1, 0.15) is 5.89 Å². The molecule has 2 aromatic carbocycles. The Kier molecular flexibility index (Phi) is 3.58. The van der Waals surface area contributed by atoms with Crippen molar-refractivity contribution in [3.05, 3.63) is 52.8 Å². The van der Waals surface area contributed by atoms with Crippen LogP contribution in [0.4, 0.5) is 5.69 Å². The highest BCUT2D eigenvalue weighted by Crippen LogP contribution is 2.23. The molecule has 4 nitrogen and oxygen atoms in total. The summed E-state index contributed by atoms with van der Waals surface area (Å²) in [5.41, 5.74) is 7.63. The minimum absolute atomic E-state index is 0.232. The topological polar surface area (TPSA) is 69.1 Å². The predicted molar refractivity (Wildman–Crippen MR) is 82.7 cm³/mol. The van der Waals surface area contributed by atoms with Crippen molar-refractivity contribution in [3.63, 3.8) is 0 Å². The fraction of sp³-hybridized carbons (Fsp3) is 0.0714. The molecule has 0 radical (unpaired) electrons. The van der Waals surface area contributed by atoms with Crippen molar-refractivity contribution in [2.75, 3.05) is 5.73 Å². The normalized spacial score (nSPS) is 12.7. The number of fused-ring (bicyclic) bond motifs is 1. The predicted octanol–water partition coefficient (Wildman–Crippen LogP) is 3.48. The molecule has 0 aliphatic heterocycles. The van der Waals surface area contributed by atoms with Crippen molar-refractivity contribution in [2.45, 2.75) is 10.6 Å². The van der Waals surface area contributed by atoms with Gasteiger partial charge in [-0.3, -0.25) is 4.21 Å². The van der Waals surface area contributed by atoms with Crippen LogP contribution in [0.2, 0.25) is 0 Å². The third-order valence-corrected chi connectivity index (χ3v) is 4.66. The van der Waals surface area contributed by atoms with E-state index in [-0.39, 0.29) is 5.75 Å². The van der Waals surface area contributed by atoms with E-state index < -0.39 is 10.8 Å². The highest BCUT2D eigenvalue weighted by molar-refractivity contribution is 9.10. The smallest absolute Gasteiger partial charge is 0.208 e. The van der Waals surface area contributed by atoms with Gasteiger partial charge in [0.1, 0.15) is 11.3 Å². The van der Waals surface area contributed by atoms with Crippen LogP contribution in [0.3, 0.4) is 0 Å². The van der Waals surface area contributed by atoms with Gasteiger partial charge in [-0.15, -0.1) is 0 Å². The number of nitrogen functional groups attached to an aromatic ring is 1. The van der Waals surface area contributed by atoms with Crippen LogP contribution in [0.5, 0.6) is 0 Å². The van der Waals surface area contributed by atoms with Crippen LogP contribution >= 0.6 is 15.9 Å². The molecule has 3 rings (SSSR count). The number of anilines is 1. The molecular formula is C14H11BrN2O2S. The maximum atomic E-state index is 12.3. The Morgan fingerprint density at radius 1 is 1.20 bits per heavy atom. The number of rotatable bonds is 3. The van der Waals surface area contributed by atoms with Crippen LogP contribution in [-0.2, 0) is 16.6 Å². The average Bonchev–Trinajstić information content (AvgIpc) is 2.83. The minimum Gasteiger partial charge on any atom is -0.440 e. The molecule has 0 saturated carbocycles. The number of benzene rings is 2. The summed E-state index contributed by atoms with van der Waals surface area (Å²) in [6.45, 7) is 0. The van der Waals surface area contributed by atoms with Gasteiger partial charge in [0, 0.05) is 9.37 Å². The maximum absolute atomic E-state index is 12.3. The number of hydrogen-bond donors (Lipinski definition) is 1. The molecule has 1 aromatic heterocycles. The van der Waals surface area contributed by atoms with E-state index in [4.69, 9.17) is 10.2 Å². The number of halogens is 1. The van der Waals surface area contributed by atoms with E-state index in [1.807, 2.05) is 24.3 Å². The molecule has 3 aromatic rings. The van der Waals surface area contributed by atoms with Crippen molar-refractivity contribution in [1.29, 1.82) is 0 Å². The van der Waals surface area contributed by atoms with Crippen LogP contribution < -0.4 is 5.73 Å². The van der Waals surface area contributed by atoms with Crippen LogP contribution in [0.15, 0.2) is 56.2 Å². The summed E-state index contributed by atoms with van der Waals surface area (Å²) in [5.74, 6) is 0.662. The van der Waals surface area contributed by atoms with Gasteiger partial charge in [-0.25, -0.2) is 4.98 Å². The quantitative estimate of drug-likeness (QED) is 0.734. The Hall–Kier alpha value is -1.66. The Bertz CT molecular complexity index is 783. The first-order valence-corrected chi connectivity index (χ1v) is 8.02. The molecule has 0 aliphatic carbocycles. The molecule has 1 heterocycles. The van der Waals surface area contributed by atoms with Gasteiger partial charge >= 0.3 is 0 Å². The van der Waals surface area contributed by atoms with Gasteiger partial charge in [0.2, 0.25) is 5.89 Å². The Morgan fingerprint density at radius 3 is 2.65 bits per heavy atom. The molecule has 0 saturated heterocycles. The zero-order valence-electron chi connectivity index (χ0n) is 10.4. The van der Waals surface area contributed by atoms with E-state index in [9.17, 15) is 4.21 Å². The number of para-hydroxylation sites is 1. The lowest BCUT2D eigenvalue weighted by atomic mass is 10.3. The van der Waals surface area contributed by atoms with E-state index in [0.29, 0.717) is 22.7 Å². The molecule has 6 heteroatoms. The molecular weight excluding hydrogens is 340 g/mol. The summed E-state index contributed by atoms with van der Waals surface area (Å²) in [5, 5.41) is 0. The third-order valence-electron chi connectivity index (χ3n) is 2.83. The number of nitrogens with zero attached hydrogens (tertiary/aromatic N) is 1. The fourth-order valence-corrected chi connectivity index (χ4v) is 3.08. The van der Waals surface area contributed by atoms with Gasteiger partial charge in [-0.1, -0.05) is 22.0 Å². The minimum atomic E-state index is -1.19. The number of nitrogens with two attached hydrogens (primary N) is 1. The van der Waals surface area contributed by atoms with Gasteiger partial charge in [0.05, 0.1) is 16.5 Å². The first-order chi connectivity index (χ1) is 9.63. The summed E-state index contributed by atoms with van der Waals surface area (Å²) in [6, 6.07) is 12.7. The Morgan fingerprint density at radius 2 is 1.95 bits per heavy atom. The first kappa shape index (κ1) is 13.3. The molecule has 0 spiro atoms. The molecule has 1 atom stereocenters. The van der Waals surface area contributed by atoms with Crippen molar-refractivity contribution in [2.24, 2.45) is 0 Å². The van der Waals surface area contributed by atoms with Gasteiger partial charge in [0.15, 0.2) is 5.58 Å². The summed E-state index contributed by atoms with van der Waals surface area (Å²) in [4.78, 5) is 5.04. The van der Waals surface area contributed by atoms with Crippen molar-refractivity contribution >= 4 is 43.5 Å². The lowest BCUT2D eigenvalue weighted by Crippen LogP contribution is -1.96. The lowest BCUT2D eigenvalue weighted by Gasteiger charge is -1.99.